The largest absolute Gasteiger partial charge is 0.500 e. The summed E-state index contributed by atoms with van der Waals surface area (Å²) in [5, 5.41) is 0. The topological polar surface area (TPSA) is 12.5 Å². The summed E-state index contributed by atoms with van der Waals surface area (Å²) in [5.74, 6) is 1.09. The van der Waals surface area contributed by atoms with Gasteiger partial charge in [-0.2, -0.15) is 0 Å². The Labute approximate surface area is 49.7 Å². The number of methoxy groups -OCH3 is 1. The molecule has 46 valence electrons. The predicted octanol–water partition coefficient (Wildman–Crippen LogP) is 0.462. The first-order valence-corrected chi connectivity index (χ1v) is 2.74. The van der Waals surface area contributed by atoms with Crippen LogP contribution in [0.3, 0.4) is 0 Å². The van der Waals surface area contributed by atoms with Gasteiger partial charge in [-0.3, -0.25) is 4.90 Å². The molecule has 1 aliphatic rings. The molecular weight excluding hydrogens is 102 g/mol. The molecule has 0 spiro atoms. The smallest absolute Gasteiger partial charge is 0.107 e. The van der Waals surface area contributed by atoms with Crippen LogP contribution < -0.4 is 0 Å². The Morgan fingerprint density at radius 3 is 2.75 bits per heavy atom. The van der Waals surface area contributed by atoms with Crippen molar-refractivity contribution in [3.63, 3.8) is 0 Å². The highest BCUT2D eigenvalue weighted by Gasteiger charge is 2.07. The summed E-state index contributed by atoms with van der Waals surface area (Å²) in [7, 11) is 3.79. The van der Waals surface area contributed by atoms with Crippen LogP contribution in [0.5, 0.6) is 0 Å². The lowest BCUT2D eigenvalue weighted by atomic mass is 10.5. The maximum atomic E-state index is 5.00. The van der Waals surface area contributed by atoms with Crippen molar-refractivity contribution >= 4 is 0 Å². The van der Waals surface area contributed by atoms with E-state index in [4.69, 9.17) is 4.74 Å². The van der Waals surface area contributed by atoms with Gasteiger partial charge < -0.3 is 4.74 Å². The van der Waals surface area contributed by atoms with Crippen molar-refractivity contribution in [2.75, 3.05) is 27.2 Å². The Balaban J connectivity index is 2.37. The summed E-state index contributed by atoms with van der Waals surface area (Å²) in [6.45, 7) is 2.00. The molecule has 8 heavy (non-hydrogen) atoms. The van der Waals surface area contributed by atoms with Gasteiger partial charge in [-0.1, -0.05) is 0 Å². The summed E-state index contributed by atoms with van der Waals surface area (Å²) < 4.78 is 5.00. The number of hydrogen-bond donors (Lipinski definition) is 0. The van der Waals surface area contributed by atoms with Gasteiger partial charge in [0, 0.05) is 6.54 Å². The van der Waals surface area contributed by atoms with E-state index in [9.17, 15) is 0 Å². The van der Waals surface area contributed by atoms with E-state index in [0.29, 0.717) is 0 Å². The Morgan fingerprint density at radius 1 is 1.75 bits per heavy atom. The van der Waals surface area contributed by atoms with Gasteiger partial charge in [-0.15, -0.1) is 0 Å². The lowest BCUT2D eigenvalue weighted by molar-refractivity contribution is 0.264. The lowest BCUT2D eigenvalue weighted by Crippen LogP contribution is -2.14. The van der Waals surface area contributed by atoms with Crippen LogP contribution in [-0.2, 0) is 4.74 Å². The van der Waals surface area contributed by atoms with E-state index in [-0.39, 0.29) is 0 Å². The van der Waals surface area contributed by atoms with E-state index < -0.39 is 0 Å². The molecule has 1 rings (SSSR count). The molecule has 0 saturated heterocycles. The molecule has 1 heterocycles. The molecule has 0 bridgehead atoms. The summed E-state index contributed by atoms with van der Waals surface area (Å²) >= 11 is 0. The maximum absolute atomic E-state index is 5.00. The van der Waals surface area contributed by atoms with Crippen molar-refractivity contribution < 1.29 is 4.74 Å². The standard InChI is InChI=1S/C6H11NO/c1-7-4-3-6(5-7)8-2/h3H,4-5H2,1-2H3. The Kier molecular flexibility index (Phi) is 1.53. The maximum Gasteiger partial charge on any atom is 0.107 e. The summed E-state index contributed by atoms with van der Waals surface area (Å²) in [6.07, 6.45) is 2.10. The molecule has 0 aromatic heterocycles. The molecular formula is C6H11NO. The fourth-order valence-electron chi connectivity index (χ4n) is 0.801. The lowest BCUT2D eigenvalue weighted by Gasteiger charge is -2.05. The first-order valence-electron chi connectivity index (χ1n) is 2.74. The van der Waals surface area contributed by atoms with Crippen molar-refractivity contribution in [3.05, 3.63) is 11.8 Å². The molecule has 1 aliphatic heterocycles. The quantitative estimate of drug-likeness (QED) is 0.490. The van der Waals surface area contributed by atoms with Crippen LogP contribution in [-0.4, -0.2) is 32.1 Å². The summed E-state index contributed by atoms with van der Waals surface area (Å²) in [4.78, 5) is 2.19. The second-order valence-electron chi connectivity index (χ2n) is 2.07. The van der Waals surface area contributed by atoms with Crippen molar-refractivity contribution in [2.45, 2.75) is 0 Å². The molecule has 2 heteroatoms. The van der Waals surface area contributed by atoms with Crippen LogP contribution >= 0.6 is 0 Å². The molecule has 0 aromatic rings. The van der Waals surface area contributed by atoms with E-state index in [2.05, 4.69) is 18.0 Å². The zero-order valence-electron chi connectivity index (χ0n) is 5.35. The van der Waals surface area contributed by atoms with E-state index in [0.717, 1.165) is 18.8 Å². The first kappa shape index (κ1) is 5.63. The van der Waals surface area contributed by atoms with Crippen molar-refractivity contribution in [3.8, 4) is 0 Å². The fourth-order valence-corrected chi connectivity index (χ4v) is 0.801. The molecule has 0 atom stereocenters. The third kappa shape index (κ3) is 1.01. The second-order valence-corrected chi connectivity index (χ2v) is 2.07. The number of rotatable bonds is 1. The Hall–Kier alpha value is -0.500. The number of nitrogens with zero attached hydrogens (tertiary/aromatic N) is 1. The third-order valence-corrected chi connectivity index (χ3v) is 1.32. The average Bonchev–Trinajstić information content (AvgIpc) is 2.14. The molecule has 0 unspecified atom stereocenters. The van der Waals surface area contributed by atoms with Gasteiger partial charge in [0.2, 0.25) is 0 Å². The van der Waals surface area contributed by atoms with Crippen molar-refractivity contribution in [1.82, 2.24) is 4.90 Å². The van der Waals surface area contributed by atoms with Crippen molar-refractivity contribution in [2.24, 2.45) is 0 Å². The van der Waals surface area contributed by atoms with Crippen molar-refractivity contribution in [1.29, 1.82) is 0 Å². The van der Waals surface area contributed by atoms with Gasteiger partial charge in [0.1, 0.15) is 5.76 Å². The van der Waals surface area contributed by atoms with Gasteiger partial charge in [0.15, 0.2) is 0 Å². The van der Waals surface area contributed by atoms with Gasteiger partial charge in [-0.05, 0) is 13.1 Å². The minimum Gasteiger partial charge on any atom is -0.500 e. The minimum absolute atomic E-state index is 0.969. The van der Waals surface area contributed by atoms with E-state index in [1.807, 2.05) is 0 Å². The molecule has 0 N–H and O–H groups in total. The van der Waals surface area contributed by atoms with Gasteiger partial charge in [-0.25, -0.2) is 0 Å². The van der Waals surface area contributed by atoms with Crippen LogP contribution in [0.2, 0.25) is 0 Å². The van der Waals surface area contributed by atoms with Crippen LogP contribution in [0.4, 0.5) is 0 Å². The van der Waals surface area contributed by atoms with Gasteiger partial charge in [0.25, 0.3) is 0 Å². The monoisotopic (exact) mass is 113 g/mol. The second kappa shape index (κ2) is 2.18. The van der Waals surface area contributed by atoms with Crippen LogP contribution in [0.25, 0.3) is 0 Å². The highest BCUT2D eigenvalue weighted by Crippen LogP contribution is 2.05. The number of likely N-dealkylation sites (N-methyl/N-ethyl adjacent to an activating group) is 1. The summed E-state index contributed by atoms with van der Waals surface area (Å²) in [6, 6.07) is 0. The summed E-state index contributed by atoms with van der Waals surface area (Å²) in [5.41, 5.74) is 0. The zero-order valence-corrected chi connectivity index (χ0v) is 5.35. The van der Waals surface area contributed by atoms with E-state index in [1.165, 1.54) is 0 Å². The molecule has 0 amide bonds. The van der Waals surface area contributed by atoms with E-state index >= 15 is 0 Å². The number of ether oxygens (including phenoxy) is 1. The first-order chi connectivity index (χ1) is 3.83. The normalized spacial score (nSPS) is 21.0. The minimum atomic E-state index is 0.969. The molecule has 0 aromatic carbocycles. The molecule has 0 saturated carbocycles. The zero-order chi connectivity index (χ0) is 5.98. The predicted molar refractivity (Wildman–Crippen MR) is 32.6 cm³/mol. The number of hydrogen-bond acceptors (Lipinski definition) is 2. The highest BCUT2D eigenvalue weighted by atomic mass is 16.5. The molecule has 2 nitrogen and oxygen atoms in total. The van der Waals surface area contributed by atoms with Crippen LogP contribution in [0.1, 0.15) is 0 Å². The Bertz CT molecular complexity index is 109. The van der Waals surface area contributed by atoms with Crippen LogP contribution in [0, 0.1) is 0 Å². The highest BCUT2D eigenvalue weighted by molar-refractivity contribution is 5.03. The third-order valence-electron chi connectivity index (χ3n) is 1.32. The molecule has 0 fully saturated rings. The van der Waals surface area contributed by atoms with Gasteiger partial charge in [0.05, 0.1) is 13.7 Å². The fraction of sp³-hybridized carbons (Fsp3) is 0.667. The van der Waals surface area contributed by atoms with E-state index in [1.54, 1.807) is 7.11 Å². The molecule has 0 radical (unpaired) electrons. The SMILES string of the molecule is COC1=CCN(C)C1. The molecule has 0 aliphatic carbocycles. The average molecular weight is 113 g/mol. The Morgan fingerprint density at radius 2 is 2.50 bits per heavy atom. The van der Waals surface area contributed by atoms with Crippen LogP contribution in [0.15, 0.2) is 11.8 Å². The van der Waals surface area contributed by atoms with Gasteiger partial charge >= 0.3 is 0 Å².